The fourth-order valence-corrected chi connectivity index (χ4v) is 2.19. The molecule has 1 aliphatic carbocycles. The number of aromatic nitrogens is 2. The molecule has 0 amide bonds. The van der Waals surface area contributed by atoms with E-state index in [0.717, 1.165) is 0 Å². The first kappa shape index (κ1) is 12.8. The van der Waals surface area contributed by atoms with Crippen LogP contribution < -0.4 is 4.90 Å². The molecule has 18 heavy (non-hydrogen) atoms. The molecule has 0 spiro atoms. The molecule has 98 valence electrons. The lowest BCUT2D eigenvalue weighted by Crippen LogP contribution is -2.33. The van der Waals surface area contributed by atoms with Crippen molar-refractivity contribution in [2.75, 3.05) is 11.9 Å². The average Bonchev–Trinajstić information content (AvgIpc) is 3.14. The Morgan fingerprint density at radius 2 is 2.00 bits per heavy atom. The number of hydrogen-bond acceptors (Lipinski definition) is 4. The fourth-order valence-electron chi connectivity index (χ4n) is 2.19. The summed E-state index contributed by atoms with van der Waals surface area (Å²) in [6, 6.07) is 0.305. The van der Waals surface area contributed by atoms with Gasteiger partial charge < -0.3 is 10.0 Å². The van der Waals surface area contributed by atoms with Crippen LogP contribution in [0.5, 0.6) is 0 Å². The third-order valence-electron chi connectivity index (χ3n) is 3.90. The lowest BCUT2D eigenvalue weighted by atomic mass is 10.1. The van der Waals surface area contributed by atoms with E-state index in [0.29, 0.717) is 29.0 Å². The van der Waals surface area contributed by atoms with Gasteiger partial charge in [-0.15, -0.1) is 5.10 Å². The monoisotopic (exact) mass is 249 g/mol. The number of anilines is 1. The Labute approximate surface area is 107 Å². The molecule has 0 aliphatic heterocycles. The van der Waals surface area contributed by atoms with Crippen LogP contribution in [0.25, 0.3) is 0 Å². The number of aromatic carboxylic acids is 1. The summed E-state index contributed by atoms with van der Waals surface area (Å²) in [5.74, 6) is 0.195. The maximum Gasteiger partial charge on any atom is 0.339 e. The van der Waals surface area contributed by atoms with Gasteiger partial charge in [0.1, 0.15) is 5.56 Å². The highest BCUT2D eigenvalue weighted by molar-refractivity contribution is 5.95. The summed E-state index contributed by atoms with van der Waals surface area (Å²) in [6.45, 7) is 5.68. The second-order valence-corrected chi connectivity index (χ2v) is 5.10. The van der Waals surface area contributed by atoms with Gasteiger partial charge in [-0.1, -0.05) is 0 Å². The number of nitrogens with zero attached hydrogens (tertiary/aromatic N) is 3. The summed E-state index contributed by atoms with van der Waals surface area (Å²) in [7, 11) is 1.90. The normalized spacial score (nSPS) is 16.4. The van der Waals surface area contributed by atoms with Crippen molar-refractivity contribution >= 4 is 11.8 Å². The molecule has 1 N–H and O–H groups in total. The van der Waals surface area contributed by atoms with Crippen LogP contribution in [0, 0.1) is 19.8 Å². The Balaban J connectivity index is 2.43. The molecule has 5 heteroatoms. The second-order valence-electron chi connectivity index (χ2n) is 5.10. The molecule has 1 aromatic rings. The lowest BCUT2D eigenvalue weighted by molar-refractivity contribution is 0.0696. The number of aryl methyl sites for hydroxylation is 1. The van der Waals surface area contributed by atoms with Crippen molar-refractivity contribution < 1.29 is 9.90 Å². The van der Waals surface area contributed by atoms with E-state index in [1.165, 1.54) is 12.8 Å². The molecule has 1 aliphatic rings. The lowest BCUT2D eigenvalue weighted by Gasteiger charge is -2.27. The number of hydrogen-bond donors (Lipinski definition) is 1. The zero-order chi connectivity index (χ0) is 13.4. The fraction of sp³-hybridized carbons (Fsp3) is 0.615. The highest BCUT2D eigenvalue weighted by Gasteiger charge is 2.33. The quantitative estimate of drug-likeness (QED) is 0.884. The van der Waals surface area contributed by atoms with Crippen molar-refractivity contribution in [2.45, 2.75) is 39.7 Å². The molecule has 0 aromatic carbocycles. The Morgan fingerprint density at radius 3 is 2.50 bits per heavy atom. The van der Waals surface area contributed by atoms with Crippen LogP contribution in [0.2, 0.25) is 0 Å². The minimum absolute atomic E-state index is 0.275. The van der Waals surface area contributed by atoms with Crippen molar-refractivity contribution in [2.24, 2.45) is 5.92 Å². The largest absolute Gasteiger partial charge is 0.478 e. The molecule has 1 unspecified atom stereocenters. The van der Waals surface area contributed by atoms with Crippen molar-refractivity contribution in [1.29, 1.82) is 0 Å². The Bertz CT molecular complexity index is 483. The average molecular weight is 249 g/mol. The van der Waals surface area contributed by atoms with Crippen LogP contribution in [0.4, 0.5) is 5.82 Å². The number of carboxylic acid groups (broad SMARTS) is 1. The smallest absolute Gasteiger partial charge is 0.339 e. The Hall–Kier alpha value is -1.65. The summed E-state index contributed by atoms with van der Waals surface area (Å²) >= 11 is 0. The van der Waals surface area contributed by atoms with E-state index in [4.69, 9.17) is 0 Å². The minimum Gasteiger partial charge on any atom is -0.478 e. The molecule has 0 bridgehead atoms. The zero-order valence-electron chi connectivity index (χ0n) is 11.3. The molecule has 1 aromatic heterocycles. The molecule has 0 saturated heterocycles. The zero-order valence-corrected chi connectivity index (χ0v) is 11.3. The van der Waals surface area contributed by atoms with Crippen LogP contribution in [0.3, 0.4) is 0 Å². The predicted molar refractivity (Wildman–Crippen MR) is 69.1 cm³/mol. The van der Waals surface area contributed by atoms with Crippen molar-refractivity contribution in [3.8, 4) is 0 Å². The van der Waals surface area contributed by atoms with Crippen molar-refractivity contribution in [3.05, 3.63) is 16.8 Å². The SMILES string of the molecule is Cc1nnc(N(C)C(C)C2CC2)c(C(=O)O)c1C. The van der Waals surface area contributed by atoms with Crippen LogP contribution in [0.15, 0.2) is 0 Å². The van der Waals surface area contributed by atoms with Gasteiger partial charge in [-0.2, -0.15) is 5.10 Å². The van der Waals surface area contributed by atoms with Gasteiger partial charge in [0.15, 0.2) is 5.82 Å². The predicted octanol–water partition coefficient (Wildman–Crippen LogP) is 2.03. The van der Waals surface area contributed by atoms with E-state index in [1.54, 1.807) is 13.8 Å². The summed E-state index contributed by atoms with van der Waals surface area (Å²) in [5, 5.41) is 17.5. The maximum absolute atomic E-state index is 11.4. The van der Waals surface area contributed by atoms with Crippen LogP contribution in [-0.4, -0.2) is 34.4 Å². The van der Waals surface area contributed by atoms with E-state index < -0.39 is 5.97 Å². The van der Waals surface area contributed by atoms with E-state index in [-0.39, 0.29) is 5.56 Å². The molecule has 1 fully saturated rings. The van der Waals surface area contributed by atoms with E-state index in [2.05, 4.69) is 17.1 Å². The van der Waals surface area contributed by atoms with E-state index in [9.17, 15) is 9.90 Å². The molecule has 2 rings (SSSR count). The van der Waals surface area contributed by atoms with Crippen LogP contribution in [0.1, 0.15) is 41.4 Å². The maximum atomic E-state index is 11.4. The molecule has 0 radical (unpaired) electrons. The van der Waals surface area contributed by atoms with Gasteiger partial charge in [0.05, 0.1) is 5.69 Å². The first-order chi connectivity index (χ1) is 8.43. The number of carboxylic acids is 1. The van der Waals surface area contributed by atoms with Gasteiger partial charge in [-0.3, -0.25) is 0 Å². The van der Waals surface area contributed by atoms with Gasteiger partial charge in [-0.25, -0.2) is 4.79 Å². The summed E-state index contributed by atoms with van der Waals surface area (Å²) in [6.07, 6.45) is 2.43. The standard InChI is InChI=1S/C13H19N3O2/c1-7-8(2)14-15-12(11(7)13(17)18)16(4)9(3)10-5-6-10/h9-10H,5-6H2,1-4H3,(H,17,18). The highest BCUT2D eigenvalue weighted by atomic mass is 16.4. The Kier molecular flexibility index (Phi) is 3.24. The van der Waals surface area contributed by atoms with Crippen molar-refractivity contribution in [3.63, 3.8) is 0 Å². The third-order valence-corrected chi connectivity index (χ3v) is 3.90. The van der Waals surface area contributed by atoms with Crippen LogP contribution in [-0.2, 0) is 0 Å². The third kappa shape index (κ3) is 2.17. The molecule has 1 saturated carbocycles. The highest BCUT2D eigenvalue weighted by Crippen LogP contribution is 2.36. The topological polar surface area (TPSA) is 66.3 Å². The second kappa shape index (κ2) is 4.55. The summed E-state index contributed by atoms with van der Waals surface area (Å²) < 4.78 is 0. The van der Waals surface area contributed by atoms with Crippen LogP contribution >= 0.6 is 0 Å². The summed E-state index contributed by atoms with van der Waals surface area (Å²) in [4.78, 5) is 13.4. The van der Waals surface area contributed by atoms with Gasteiger partial charge in [0.2, 0.25) is 0 Å². The molecule has 5 nitrogen and oxygen atoms in total. The van der Waals surface area contributed by atoms with Crippen molar-refractivity contribution in [1.82, 2.24) is 10.2 Å². The number of carbonyl (C=O) groups is 1. The molecular weight excluding hydrogens is 230 g/mol. The summed E-state index contributed by atoms with van der Waals surface area (Å²) in [5.41, 5.74) is 1.64. The van der Waals surface area contributed by atoms with Gasteiger partial charge >= 0.3 is 5.97 Å². The first-order valence-electron chi connectivity index (χ1n) is 6.23. The Morgan fingerprint density at radius 1 is 1.39 bits per heavy atom. The van der Waals surface area contributed by atoms with E-state index >= 15 is 0 Å². The van der Waals surface area contributed by atoms with E-state index in [1.807, 2.05) is 11.9 Å². The first-order valence-corrected chi connectivity index (χ1v) is 6.23. The minimum atomic E-state index is -0.935. The molecule has 1 atom stereocenters. The molecule has 1 heterocycles. The number of rotatable bonds is 4. The van der Waals surface area contributed by atoms with Gasteiger partial charge in [0.25, 0.3) is 0 Å². The van der Waals surface area contributed by atoms with Gasteiger partial charge in [0, 0.05) is 13.1 Å². The molecular formula is C13H19N3O2. The van der Waals surface area contributed by atoms with Gasteiger partial charge in [-0.05, 0) is 45.1 Å².